The highest BCUT2D eigenvalue weighted by Crippen LogP contribution is 2.28. The van der Waals surface area contributed by atoms with Crippen molar-refractivity contribution in [3.05, 3.63) is 34.4 Å². The summed E-state index contributed by atoms with van der Waals surface area (Å²) in [6.45, 7) is 7.58. The molecule has 0 spiro atoms. The molecule has 0 aromatic heterocycles. The van der Waals surface area contributed by atoms with Crippen LogP contribution in [0.2, 0.25) is 0 Å². The molecule has 0 heterocycles. The molecule has 20 heavy (non-hydrogen) atoms. The van der Waals surface area contributed by atoms with Crippen molar-refractivity contribution in [3.63, 3.8) is 0 Å². The number of nitrogens with two attached hydrogens (primary N) is 1. The molecule has 3 nitrogen and oxygen atoms in total. The Morgan fingerprint density at radius 2 is 1.85 bits per heavy atom. The summed E-state index contributed by atoms with van der Waals surface area (Å²) in [6.07, 6.45) is 4.40. The quantitative estimate of drug-likeness (QED) is 0.897. The summed E-state index contributed by atoms with van der Waals surface area (Å²) in [6, 6.07) is 4.62. The van der Waals surface area contributed by atoms with Crippen molar-refractivity contribution in [2.75, 3.05) is 13.1 Å². The van der Waals surface area contributed by atoms with Crippen molar-refractivity contribution in [2.45, 2.75) is 52.5 Å². The molecule has 1 aliphatic carbocycles. The molecular formula is C17H26N2O. The lowest BCUT2D eigenvalue weighted by molar-refractivity contribution is 0.0577. The van der Waals surface area contributed by atoms with Gasteiger partial charge in [-0.05, 0) is 64.1 Å². The van der Waals surface area contributed by atoms with E-state index in [1.54, 1.807) is 0 Å². The van der Waals surface area contributed by atoms with Crippen molar-refractivity contribution in [1.82, 2.24) is 4.90 Å². The summed E-state index contributed by atoms with van der Waals surface area (Å²) in [5, 5.41) is 0. The highest BCUT2D eigenvalue weighted by atomic mass is 16.2. The maximum absolute atomic E-state index is 12.9. The molecule has 1 saturated carbocycles. The first-order valence-corrected chi connectivity index (χ1v) is 7.63. The van der Waals surface area contributed by atoms with Crippen LogP contribution in [0, 0.1) is 20.8 Å². The van der Waals surface area contributed by atoms with E-state index in [2.05, 4.69) is 24.0 Å². The van der Waals surface area contributed by atoms with Gasteiger partial charge in [0.25, 0.3) is 5.91 Å². The normalized spacial score (nSPS) is 15.0. The largest absolute Gasteiger partial charge is 0.336 e. The zero-order valence-electron chi connectivity index (χ0n) is 12.9. The Labute approximate surface area is 122 Å². The van der Waals surface area contributed by atoms with Gasteiger partial charge in [0, 0.05) is 18.2 Å². The third kappa shape index (κ3) is 3.04. The van der Waals surface area contributed by atoms with E-state index < -0.39 is 0 Å². The first-order valence-electron chi connectivity index (χ1n) is 7.63. The number of nitrogens with zero attached hydrogens (tertiary/aromatic N) is 1. The number of benzene rings is 1. The molecule has 0 aliphatic heterocycles. The lowest BCUT2D eigenvalue weighted by Crippen LogP contribution is -2.45. The molecular weight excluding hydrogens is 248 g/mol. The minimum atomic E-state index is 0.193. The second-order valence-electron chi connectivity index (χ2n) is 6.00. The number of rotatable bonds is 5. The van der Waals surface area contributed by atoms with Gasteiger partial charge in [0.05, 0.1) is 0 Å². The average Bonchev–Trinajstić information content (AvgIpc) is 2.30. The second kappa shape index (κ2) is 6.40. The number of carbonyl (C=O) groups excluding carboxylic acids is 1. The van der Waals surface area contributed by atoms with E-state index >= 15 is 0 Å². The van der Waals surface area contributed by atoms with E-state index in [1.807, 2.05) is 13.8 Å². The maximum atomic E-state index is 12.9. The van der Waals surface area contributed by atoms with Crippen LogP contribution in [0.1, 0.15) is 52.7 Å². The summed E-state index contributed by atoms with van der Waals surface area (Å²) in [4.78, 5) is 15.0. The zero-order valence-corrected chi connectivity index (χ0v) is 12.9. The van der Waals surface area contributed by atoms with E-state index in [0.29, 0.717) is 12.6 Å². The number of hydrogen-bond donors (Lipinski definition) is 1. The monoisotopic (exact) mass is 274 g/mol. The van der Waals surface area contributed by atoms with Crippen LogP contribution in [0.25, 0.3) is 0 Å². The topological polar surface area (TPSA) is 46.3 Å². The van der Waals surface area contributed by atoms with Gasteiger partial charge in [0.2, 0.25) is 0 Å². The fourth-order valence-electron chi connectivity index (χ4n) is 3.07. The summed E-state index contributed by atoms with van der Waals surface area (Å²) in [5.74, 6) is 0.193. The first-order chi connectivity index (χ1) is 9.54. The number of amides is 1. The van der Waals surface area contributed by atoms with Gasteiger partial charge in [0.15, 0.2) is 0 Å². The zero-order chi connectivity index (χ0) is 14.7. The summed E-state index contributed by atoms with van der Waals surface area (Å²) >= 11 is 0. The second-order valence-corrected chi connectivity index (χ2v) is 6.00. The van der Waals surface area contributed by atoms with Gasteiger partial charge in [-0.1, -0.05) is 17.7 Å². The van der Waals surface area contributed by atoms with Gasteiger partial charge < -0.3 is 10.6 Å². The van der Waals surface area contributed by atoms with Gasteiger partial charge in [-0.15, -0.1) is 0 Å². The molecule has 0 bridgehead atoms. The van der Waals surface area contributed by atoms with Crippen LogP contribution >= 0.6 is 0 Å². The highest BCUT2D eigenvalue weighted by Gasteiger charge is 2.30. The Hall–Kier alpha value is -1.35. The van der Waals surface area contributed by atoms with Crippen molar-refractivity contribution in [3.8, 4) is 0 Å². The minimum absolute atomic E-state index is 0.193. The SMILES string of the molecule is Cc1cc(C)c(C(=O)N(CCCN)C2CCC2)c(C)c1. The standard InChI is InChI=1S/C17H26N2O/c1-12-10-13(2)16(14(3)11-12)17(20)19(9-5-8-18)15-6-4-7-15/h10-11,15H,4-9,18H2,1-3H3. The Morgan fingerprint density at radius 3 is 2.30 bits per heavy atom. The lowest BCUT2D eigenvalue weighted by Gasteiger charge is -2.38. The van der Waals surface area contributed by atoms with Crippen LogP contribution < -0.4 is 5.73 Å². The summed E-state index contributed by atoms with van der Waals surface area (Å²) in [5.41, 5.74) is 9.90. The molecule has 0 unspecified atom stereocenters. The Morgan fingerprint density at radius 1 is 1.25 bits per heavy atom. The Bertz CT molecular complexity index is 469. The van der Waals surface area contributed by atoms with Gasteiger partial charge in [0.1, 0.15) is 0 Å². The smallest absolute Gasteiger partial charge is 0.254 e. The molecule has 0 saturated heterocycles. The van der Waals surface area contributed by atoms with E-state index in [4.69, 9.17) is 5.73 Å². The molecule has 0 radical (unpaired) electrons. The molecule has 1 aromatic carbocycles. The van der Waals surface area contributed by atoms with E-state index in [0.717, 1.165) is 42.5 Å². The Kier molecular flexibility index (Phi) is 4.81. The number of carbonyl (C=O) groups is 1. The predicted octanol–water partition coefficient (Wildman–Crippen LogP) is 2.96. The van der Waals surface area contributed by atoms with Crippen LogP contribution in [0.4, 0.5) is 0 Å². The fraction of sp³-hybridized carbons (Fsp3) is 0.588. The molecule has 110 valence electrons. The molecule has 1 amide bonds. The van der Waals surface area contributed by atoms with Crippen molar-refractivity contribution >= 4 is 5.91 Å². The van der Waals surface area contributed by atoms with E-state index in [1.165, 1.54) is 12.0 Å². The molecule has 1 aromatic rings. The summed E-state index contributed by atoms with van der Waals surface area (Å²) in [7, 11) is 0. The van der Waals surface area contributed by atoms with Gasteiger partial charge in [-0.3, -0.25) is 4.79 Å². The van der Waals surface area contributed by atoms with Crippen LogP contribution in [0.3, 0.4) is 0 Å². The van der Waals surface area contributed by atoms with Crippen molar-refractivity contribution < 1.29 is 4.79 Å². The van der Waals surface area contributed by atoms with Crippen LogP contribution in [0.15, 0.2) is 12.1 Å². The third-order valence-electron chi connectivity index (χ3n) is 4.27. The molecule has 2 rings (SSSR count). The first kappa shape index (κ1) is 15.0. The van der Waals surface area contributed by atoms with E-state index in [9.17, 15) is 4.79 Å². The lowest BCUT2D eigenvalue weighted by atomic mass is 9.89. The number of aryl methyl sites for hydroxylation is 3. The third-order valence-corrected chi connectivity index (χ3v) is 4.27. The molecule has 1 aliphatic rings. The van der Waals surface area contributed by atoms with Crippen LogP contribution in [0.5, 0.6) is 0 Å². The van der Waals surface area contributed by atoms with Crippen molar-refractivity contribution in [1.29, 1.82) is 0 Å². The minimum Gasteiger partial charge on any atom is -0.336 e. The van der Waals surface area contributed by atoms with Crippen LogP contribution in [-0.4, -0.2) is 29.9 Å². The van der Waals surface area contributed by atoms with Crippen molar-refractivity contribution in [2.24, 2.45) is 5.73 Å². The maximum Gasteiger partial charge on any atom is 0.254 e. The van der Waals surface area contributed by atoms with E-state index in [-0.39, 0.29) is 5.91 Å². The fourth-order valence-corrected chi connectivity index (χ4v) is 3.07. The molecule has 0 atom stereocenters. The van der Waals surface area contributed by atoms with Gasteiger partial charge >= 0.3 is 0 Å². The molecule has 1 fully saturated rings. The predicted molar refractivity (Wildman–Crippen MR) is 83.0 cm³/mol. The molecule has 3 heteroatoms. The average molecular weight is 274 g/mol. The number of hydrogen-bond acceptors (Lipinski definition) is 2. The molecule has 2 N–H and O–H groups in total. The summed E-state index contributed by atoms with van der Waals surface area (Å²) < 4.78 is 0. The highest BCUT2D eigenvalue weighted by molar-refractivity contribution is 5.97. The van der Waals surface area contributed by atoms with Gasteiger partial charge in [-0.2, -0.15) is 0 Å². The van der Waals surface area contributed by atoms with Crippen LogP contribution in [-0.2, 0) is 0 Å². The Balaban J connectivity index is 2.26. The van der Waals surface area contributed by atoms with Gasteiger partial charge in [-0.25, -0.2) is 0 Å².